The topological polar surface area (TPSA) is 285 Å². The second-order valence-electron chi connectivity index (χ2n) is 14.8. The SMILES string of the molecule is C.CN(C)CCO.CN(C)CCOC(=O)OC[C@H]1O[C@@H](n2cnc(C(N)=O)n2)C2OC(c3ccccc3)OC21.NC(=O)c1ncn([C@@H]2O[C@H](CO)C3OC(c4ccccc4)OC32)n1. The van der Waals surface area contributed by atoms with Crippen LogP contribution in [0.15, 0.2) is 73.3 Å². The number of aromatic nitrogens is 6. The maximum absolute atomic E-state index is 11.9. The molecule has 10 atom stereocenters. The highest BCUT2D eigenvalue weighted by atomic mass is 16.8. The summed E-state index contributed by atoms with van der Waals surface area (Å²) in [5, 5.41) is 25.8. The summed E-state index contributed by atoms with van der Waals surface area (Å²) in [5.41, 5.74) is 12.1. The fourth-order valence-electron chi connectivity index (χ4n) is 6.64. The number of nitrogens with two attached hydrogens (primary N) is 2. The summed E-state index contributed by atoms with van der Waals surface area (Å²) in [4.78, 5) is 46.0. The number of amides is 2. The Balaban J connectivity index is 0.000000213. The van der Waals surface area contributed by atoms with E-state index >= 15 is 0 Å². The van der Waals surface area contributed by atoms with Crippen LogP contribution in [0.5, 0.6) is 0 Å². The molecule has 2 aromatic carbocycles. The lowest BCUT2D eigenvalue weighted by atomic mass is 10.1. The molecule has 0 aliphatic carbocycles. The smallest absolute Gasteiger partial charge is 0.433 e. The standard InChI is InChI=1S/C20H25N5O7.C15H16N4O5.C4H11NO.CH4/c1-24(2)8-9-28-20(27)29-10-13-14-15(32-19(31-14)12-6-4-3-5-7-12)18(30-13)25-11-22-17(23-25)16(21)26;16-12(21)13-17-7-19(18-13)14-11-10(9(6-20)22-14)23-15(24-11)8-4-2-1-3-5-8;1-5(2)3-4-6;/h3-7,11,13-15,18-19H,8-10H2,1-2H3,(H2,21,26);1-5,7,9-11,14-15,20H,6H2,(H2,16,21);6H,3-4H2,1-2H3;1H4/t13-,14?,15?,18-,19?;9-,10?,11?,14-,15?;;/m11../s1. The Labute approximate surface area is 363 Å². The number of primary amides is 2. The van der Waals surface area contributed by atoms with Crippen molar-refractivity contribution in [1.29, 1.82) is 0 Å². The van der Waals surface area contributed by atoms with E-state index in [4.69, 9.17) is 54.5 Å². The Kier molecular flexibility index (Phi) is 17.5. The molecule has 0 saturated carbocycles. The van der Waals surface area contributed by atoms with Crippen LogP contribution in [0.2, 0.25) is 0 Å². The monoisotopic (exact) mass is 884 g/mol. The van der Waals surface area contributed by atoms with E-state index < -0.39 is 79.6 Å². The van der Waals surface area contributed by atoms with E-state index in [-0.39, 0.29) is 45.5 Å². The number of aliphatic hydroxyl groups excluding tert-OH is 2. The molecule has 0 bridgehead atoms. The molecule has 0 spiro atoms. The Morgan fingerprint density at radius 2 is 1.10 bits per heavy atom. The normalized spacial score (nSPS) is 26.7. The Morgan fingerprint density at radius 3 is 1.49 bits per heavy atom. The summed E-state index contributed by atoms with van der Waals surface area (Å²) in [5.74, 6) is -1.74. The summed E-state index contributed by atoms with van der Waals surface area (Å²) in [6.07, 6.45) is -4.02. The van der Waals surface area contributed by atoms with Crippen LogP contribution >= 0.6 is 0 Å². The first-order valence-corrected chi connectivity index (χ1v) is 19.6. The quantitative estimate of drug-likeness (QED) is 0.125. The first-order chi connectivity index (χ1) is 29.9. The lowest BCUT2D eigenvalue weighted by Gasteiger charge is -2.20. The van der Waals surface area contributed by atoms with Crippen molar-refractivity contribution >= 4 is 18.0 Å². The van der Waals surface area contributed by atoms with Crippen LogP contribution in [-0.2, 0) is 37.9 Å². The molecule has 4 aliphatic rings. The number of carbonyl (C=O) groups excluding carboxylic acids is 3. The van der Waals surface area contributed by atoms with Gasteiger partial charge in [-0.15, -0.1) is 10.2 Å². The second kappa shape index (κ2) is 22.8. The molecule has 4 aromatic rings. The third kappa shape index (κ3) is 12.4. The number of ether oxygens (including phenoxy) is 8. The molecule has 6 unspecified atom stereocenters. The summed E-state index contributed by atoms with van der Waals surface area (Å²) in [7, 11) is 7.60. The number of hydrogen-bond donors (Lipinski definition) is 4. The molecule has 0 radical (unpaired) electrons. The van der Waals surface area contributed by atoms with Crippen molar-refractivity contribution in [2.45, 2.75) is 69.1 Å². The number of hydrogen-bond acceptors (Lipinski definition) is 19. The molecular weight excluding hydrogens is 828 g/mol. The molecule has 2 amide bonds. The van der Waals surface area contributed by atoms with Crippen LogP contribution < -0.4 is 11.5 Å². The molecule has 6 N–H and O–H groups in total. The predicted molar refractivity (Wildman–Crippen MR) is 218 cm³/mol. The lowest BCUT2D eigenvalue weighted by molar-refractivity contribution is -0.157. The number of carbonyl (C=O) groups is 3. The predicted octanol–water partition coefficient (Wildman–Crippen LogP) is 0.398. The second-order valence-corrected chi connectivity index (χ2v) is 14.8. The van der Waals surface area contributed by atoms with Crippen LogP contribution in [-0.4, -0.2) is 172 Å². The van der Waals surface area contributed by atoms with Gasteiger partial charge in [-0.3, -0.25) is 9.59 Å². The zero-order valence-corrected chi connectivity index (χ0v) is 34.6. The van der Waals surface area contributed by atoms with Gasteiger partial charge in [-0.1, -0.05) is 68.1 Å². The van der Waals surface area contributed by atoms with Gasteiger partial charge in [0.15, 0.2) is 25.0 Å². The molecule has 6 heterocycles. The van der Waals surface area contributed by atoms with Crippen molar-refractivity contribution in [3.05, 3.63) is 96.1 Å². The van der Waals surface area contributed by atoms with Crippen molar-refractivity contribution in [2.24, 2.45) is 11.5 Å². The highest BCUT2D eigenvalue weighted by Gasteiger charge is 2.55. The summed E-state index contributed by atoms with van der Waals surface area (Å²) < 4.78 is 48.8. The first-order valence-electron chi connectivity index (χ1n) is 19.6. The molecule has 4 fully saturated rings. The minimum Gasteiger partial charge on any atom is -0.433 e. The Hall–Kier alpha value is -5.47. The van der Waals surface area contributed by atoms with Crippen LogP contribution in [0.1, 0.15) is 64.8 Å². The Bertz CT molecular complexity index is 2040. The van der Waals surface area contributed by atoms with Crippen molar-refractivity contribution in [3.63, 3.8) is 0 Å². The molecule has 63 heavy (non-hydrogen) atoms. The number of likely N-dealkylation sites (N-methyl/N-ethyl adjacent to an activating group) is 2. The molecule has 2 aromatic heterocycles. The zero-order chi connectivity index (χ0) is 44.3. The average Bonchev–Trinajstić information content (AvgIpc) is 4.11. The van der Waals surface area contributed by atoms with Crippen LogP contribution in [0, 0.1) is 0 Å². The summed E-state index contributed by atoms with van der Waals surface area (Å²) >= 11 is 0. The number of nitrogens with zero attached hydrogens (tertiary/aromatic N) is 8. The van der Waals surface area contributed by atoms with Crippen molar-refractivity contribution in [3.8, 4) is 0 Å². The van der Waals surface area contributed by atoms with E-state index in [0.29, 0.717) is 6.54 Å². The molecule has 4 saturated heterocycles. The zero-order valence-electron chi connectivity index (χ0n) is 34.6. The number of benzene rings is 2. The molecule has 23 heteroatoms. The third-order valence-corrected chi connectivity index (χ3v) is 9.67. The van der Waals surface area contributed by atoms with E-state index in [1.54, 1.807) is 0 Å². The summed E-state index contributed by atoms with van der Waals surface area (Å²) in [6, 6.07) is 18.9. The van der Waals surface area contributed by atoms with Gasteiger partial charge in [-0.2, -0.15) is 0 Å². The largest absolute Gasteiger partial charge is 0.508 e. The highest BCUT2D eigenvalue weighted by Crippen LogP contribution is 2.45. The van der Waals surface area contributed by atoms with Crippen molar-refractivity contribution in [1.82, 2.24) is 39.3 Å². The molecule has 4 aliphatic heterocycles. The average molecular weight is 885 g/mol. The maximum Gasteiger partial charge on any atom is 0.508 e. The lowest BCUT2D eigenvalue weighted by Crippen LogP contribution is -2.33. The van der Waals surface area contributed by atoms with Gasteiger partial charge in [0.05, 0.1) is 13.2 Å². The highest BCUT2D eigenvalue weighted by molar-refractivity contribution is 5.88. The van der Waals surface area contributed by atoms with Crippen LogP contribution in [0.3, 0.4) is 0 Å². The van der Waals surface area contributed by atoms with Crippen molar-refractivity contribution in [2.75, 3.05) is 67.7 Å². The number of aliphatic hydroxyl groups is 2. The van der Waals surface area contributed by atoms with E-state index in [0.717, 1.165) is 17.7 Å². The molecule has 23 nitrogen and oxygen atoms in total. The van der Waals surface area contributed by atoms with Gasteiger partial charge in [-0.05, 0) is 28.2 Å². The van der Waals surface area contributed by atoms with Crippen molar-refractivity contribution < 1.29 is 62.5 Å². The van der Waals surface area contributed by atoms with E-state index in [2.05, 4.69) is 20.2 Å². The van der Waals surface area contributed by atoms with Gasteiger partial charge in [0.25, 0.3) is 11.8 Å². The molecular formula is C40H56N10O13. The maximum atomic E-state index is 11.9. The minimum absolute atomic E-state index is 0. The Morgan fingerprint density at radius 1 is 0.651 bits per heavy atom. The van der Waals surface area contributed by atoms with Gasteiger partial charge < -0.3 is 69.4 Å². The summed E-state index contributed by atoms with van der Waals surface area (Å²) in [6.45, 7) is 1.47. The van der Waals surface area contributed by atoms with Gasteiger partial charge in [-0.25, -0.2) is 24.1 Å². The van der Waals surface area contributed by atoms with Crippen LogP contribution in [0.4, 0.5) is 4.79 Å². The van der Waals surface area contributed by atoms with E-state index in [1.807, 2.05) is 98.7 Å². The fraction of sp³-hybridized carbons (Fsp3) is 0.525. The minimum atomic E-state index is -0.800. The van der Waals surface area contributed by atoms with Gasteiger partial charge >= 0.3 is 6.16 Å². The van der Waals surface area contributed by atoms with E-state index in [1.165, 1.54) is 22.0 Å². The first kappa shape index (κ1) is 48.6. The van der Waals surface area contributed by atoms with Gasteiger partial charge in [0.2, 0.25) is 11.6 Å². The van der Waals surface area contributed by atoms with Crippen LogP contribution in [0.25, 0.3) is 0 Å². The van der Waals surface area contributed by atoms with E-state index in [9.17, 15) is 19.5 Å². The number of rotatable bonds is 14. The van der Waals surface area contributed by atoms with Gasteiger partial charge in [0.1, 0.15) is 62.5 Å². The third-order valence-electron chi connectivity index (χ3n) is 9.67. The fourth-order valence-corrected chi connectivity index (χ4v) is 6.64. The molecule has 8 rings (SSSR count). The van der Waals surface area contributed by atoms with Gasteiger partial charge in [0, 0.05) is 24.2 Å². The molecule has 344 valence electrons. The number of fused-ring (bicyclic) bond motifs is 2.